The normalized spacial score (nSPS) is 13.2. The average Bonchev–Trinajstić information content (AvgIpc) is 2.38. The molecule has 0 saturated carbocycles. The lowest BCUT2D eigenvalue weighted by Crippen LogP contribution is -2.20. The molecule has 0 saturated heterocycles. The molecule has 3 heteroatoms. The van der Waals surface area contributed by atoms with E-state index in [-0.39, 0.29) is 5.78 Å². The van der Waals surface area contributed by atoms with Gasteiger partial charge in [0.1, 0.15) is 6.61 Å². The van der Waals surface area contributed by atoms with Gasteiger partial charge in [-0.3, -0.25) is 4.79 Å². The fourth-order valence-electron chi connectivity index (χ4n) is 1.93. The maximum Gasteiger partial charge on any atom is 0.166 e. The summed E-state index contributed by atoms with van der Waals surface area (Å²) in [4.78, 5) is 12.0. The number of hydrogen-bond donors (Lipinski definition) is 1. The minimum absolute atomic E-state index is 0.146. The van der Waals surface area contributed by atoms with E-state index >= 15 is 0 Å². The first-order valence-corrected chi connectivity index (χ1v) is 5.96. The number of rotatable bonds is 5. The Kier molecular flexibility index (Phi) is 3.81. The highest BCUT2D eigenvalue weighted by atomic mass is 16.5. The predicted octanol–water partition coefficient (Wildman–Crippen LogP) is 3.03. The minimum atomic E-state index is 0.146. The van der Waals surface area contributed by atoms with Crippen molar-refractivity contribution in [2.45, 2.75) is 19.3 Å². The summed E-state index contributed by atoms with van der Waals surface area (Å²) in [7, 11) is 0. The quantitative estimate of drug-likeness (QED) is 0.481. The molecule has 0 bridgehead atoms. The van der Waals surface area contributed by atoms with Crippen molar-refractivity contribution >= 4 is 11.5 Å². The lowest BCUT2D eigenvalue weighted by molar-refractivity contribution is 0.0976. The summed E-state index contributed by atoms with van der Waals surface area (Å²) in [5, 5.41) is 3.23. The van der Waals surface area contributed by atoms with Crippen LogP contribution in [0, 0.1) is 0 Å². The lowest BCUT2D eigenvalue weighted by atomic mass is 10.0. The number of anilines is 1. The molecule has 0 radical (unpaired) electrons. The van der Waals surface area contributed by atoms with Gasteiger partial charge in [0, 0.05) is 13.0 Å². The first-order chi connectivity index (χ1) is 8.33. The highest BCUT2D eigenvalue weighted by Gasteiger charge is 2.18. The second kappa shape index (κ2) is 5.53. The fraction of sp³-hybridized carbons (Fsp3) is 0.357. The first-order valence-electron chi connectivity index (χ1n) is 5.96. The average molecular weight is 231 g/mol. The zero-order chi connectivity index (χ0) is 12.1. The Morgan fingerprint density at radius 1 is 1.53 bits per heavy atom. The smallest absolute Gasteiger partial charge is 0.166 e. The van der Waals surface area contributed by atoms with Crippen LogP contribution in [0.15, 0.2) is 30.9 Å². The number of Topliss-reactive ketones (excluding diaryl/α,β-unsaturated/α-hetero) is 1. The summed E-state index contributed by atoms with van der Waals surface area (Å²) in [6.07, 6.45) is 4.11. The van der Waals surface area contributed by atoms with Gasteiger partial charge in [0.2, 0.25) is 0 Å². The summed E-state index contributed by atoms with van der Waals surface area (Å²) >= 11 is 0. The first kappa shape index (κ1) is 11.7. The summed E-state index contributed by atoms with van der Waals surface area (Å²) < 4.78 is 5.58. The van der Waals surface area contributed by atoms with E-state index in [9.17, 15) is 4.79 Å². The van der Waals surface area contributed by atoms with Crippen LogP contribution >= 0.6 is 0 Å². The number of unbranched alkanes of at least 4 members (excludes halogenated alkanes) is 1. The SMILES string of the molecule is C=CCCCC(=O)c1cccc2c1OCCN2. The van der Waals surface area contributed by atoms with Crippen LogP contribution in [0.5, 0.6) is 5.75 Å². The van der Waals surface area contributed by atoms with Crippen LogP contribution in [0.3, 0.4) is 0 Å². The van der Waals surface area contributed by atoms with Crippen molar-refractivity contribution in [1.82, 2.24) is 0 Å². The molecule has 0 aliphatic carbocycles. The van der Waals surface area contributed by atoms with Gasteiger partial charge in [0.15, 0.2) is 11.5 Å². The van der Waals surface area contributed by atoms with Crippen molar-refractivity contribution in [3.05, 3.63) is 36.4 Å². The molecule has 0 fully saturated rings. The van der Waals surface area contributed by atoms with Gasteiger partial charge in [-0.05, 0) is 25.0 Å². The Morgan fingerprint density at radius 2 is 2.41 bits per heavy atom. The lowest BCUT2D eigenvalue weighted by Gasteiger charge is -2.21. The summed E-state index contributed by atoms with van der Waals surface area (Å²) in [6, 6.07) is 5.67. The van der Waals surface area contributed by atoms with E-state index in [1.54, 1.807) is 0 Å². The largest absolute Gasteiger partial charge is 0.489 e. The second-order valence-electron chi connectivity index (χ2n) is 4.06. The standard InChI is InChI=1S/C14H17NO2/c1-2-3-4-8-13(16)11-6-5-7-12-14(11)17-10-9-15-12/h2,5-7,15H,1,3-4,8-10H2. The number of nitrogens with one attached hydrogen (secondary N) is 1. The maximum atomic E-state index is 12.0. The van der Waals surface area contributed by atoms with E-state index in [1.165, 1.54) is 0 Å². The number of fused-ring (bicyclic) bond motifs is 1. The highest BCUT2D eigenvalue weighted by Crippen LogP contribution is 2.32. The van der Waals surface area contributed by atoms with Crippen molar-refractivity contribution in [2.75, 3.05) is 18.5 Å². The number of allylic oxidation sites excluding steroid dienone is 1. The van der Waals surface area contributed by atoms with Crippen LogP contribution < -0.4 is 10.1 Å². The Bertz CT molecular complexity index is 426. The summed E-state index contributed by atoms with van der Waals surface area (Å²) in [6.45, 7) is 5.06. The van der Waals surface area contributed by atoms with Crippen LogP contribution in [-0.2, 0) is 0 Å². The molecule has 0 atom stereocenters. The molecule has 0 aromatic heterocycles. The molecule has 0 unspecified atom stereocenters. The number of carbonyl (C=O) groups excluding carboxylic acids is 1. The molecule has 3 nitrogen and oxygen atoms in total. The van der Waals surface area contributed by atoms with Crippen molar-refractivity contribution in [3.63, 3.8) is 0 Å². The molecular weight excluding hydrogens is 214 g/mol. The van der Waals surface area contributed by atoms with Crippen molar-refractivity contribution in [2.24, 2.45) is 0 Å². The van der Waals surface area contributed by atoms with Gasteiger partial charge in [-0.1, -0.05) is 12.1 Å². The molecule has 1 aliphatic rings. The van der Waals surface area contributed by atoms with Gasteiger partial charge in [-0.15, -0.1) is 6.58 Å². The van der Waals surface area contributed by atoms with Crippen molar-refractivity contribution in [1.29, 1.82) is 0 Å². The fourth-order valence-corrected chi connectivity index (χ4v) is 1.93. The Labute approximate surface area is 101 Å². The van der Waals surface area contributed by atoms with Gasteiger partial charge < -0.3 is 10.1 Å². The van der Waals surface area contributed by atoms with Crippen LogP contribution in [0.25, 0.3) is 0 Å². The Hall–Kier alpha value is -1.77. The number of carbonyl (C=O) groups is 1. The van der Waals surface area contributed by atoms with E-state index in [4.69, 9.17) is 4.74 Å². The van der Waals surface area contributed by atoms with Gasteiger partial charge >= 0.3 is 0 Å². The Balaban J connectivity index is 2.14. The van der Waals surface area contributed by atoms with Gasteiger partial charge in [0.05, 0.1) is 11.3 Å². The topological polar surface area (TPSA) is 38.3 Å². The highest BCUT2D eigenvalue weighted by molar-refractivity contribution is 6.00. The predicted molar refractivity (Wildman–Crippen MR) is 68.8 cm³/mol. The molecule has 1 heterocycles. The molecule has 0 amide bonds. The zero-order valence-electron chi connectivity index (χ0n) is 9.87. The molecule has 2 rings (SSSR count). The van der Waals surface area contributed by atoms with Crippen LogP contribution in [0.1, 0.15) is 29.6 Å². The van der Waals surface area contributed by atoms with Crippen LogP contribution in [0.2, 0.25) is 0 Å². The number of ketones is 1. The van der Waals surface area contributed by atoms with Crippen molar-refractivity contribution in [3.8, 4) is 5.75 Å². The zero-order valence-corrected chi connectivity index (χ0v) is 9.87. The number of benzene rings is 1. The van der Waals surface area contributed by atoms with Gasteiger partial charge in [0.25, 0.3) is 0 Å². The molecule has 90 valence electrons. The third-order valence-corrected chi connectivity index (χ3v) is 2.79. The molecule has 0 spiro atoms. The summed E-state index contributed by atoms with van der Waals surface area (Å²) in [5.74, 6) is 0.856. The van der Waals surface area contributed by atoms with E-state index in [1.807, 2.05) is 24.3 Å². The summed E-state index contributed by atoms with van der Waals surface area (Å²) in [5.41, 5.74) is 1.62. The minimum Gasteiger partial charge on any atom is -0.489 e. The third kappa shape index (κ3) is 2.67. The monoisotopic (exact) mass is 231 g/mol. The molecule has 1 aromatic carbocycles. The van der Waals surface area contributed by atoms with Gasteiger partial charge in [-0.2, -0.15) is 0 Å². The van der Waals surface area contributed by atoms with E-state index < -0.39 is 0 Å². The molecule has 1 aromatic rings. The van der Waals surface area contributed by atoms with Gasteiger partial charge in [-0.25, -0.2) is 0 Å². The number of para-hydroxylation sites is 1. The van der Waals surface area contributed by atoms with Crippen molar-refractivity contribution < 1.29 is 9.53 Å². The molecule has 1 N–H and O–H groups in total. The maximum absolute atomic E-state index is 12.0. The number of ether oxygens (including phenoxy) is 1. The van der Waals surface area contributed by atoms with Crippen LogP contribution in [-0.4, -0.2) is 18.9 Å². The molecule has 1 aliphatic heterocycles. The molecular formula is C14H17NO2. The van der Waals surface area contributed by atoms with E-state index in [2.05, 4.69) is 11.9 Å². The van der Waals surface area contributed by atoms with E-state index in [0.29, 0.717) is 24.3 Å². The second-order valence-corrected chi connectivity index (χ2v) is 4.06. The van der Waals surface area contributed by atoms with E-state index in [0.717, 1.165) is 25.1 Å². The van der Waals surface area contributed by atoms with Crippen LogP contribution in [0.4, 0.5) is 5.69 Å². The number of hydrogen-bond acceptors (Lipinski definition) is 3. The third-order valence-electron chi connectivity index (χ3n) is 2.79. The Morgan fingerprint density at radius 3 is 3.24 bits per heavy atom. The molecule has 17 heavy (non-hydrogen) atoms.